The van der Waals surface area contributed by atoms with E-state index in [4.69, 9.17) is 15.7 Å². The van der Waals surface area contributed by atoms with Crippen molar-refractivity contribution in [3.8, 4) is 22.9 Å². The van der Waals surface area contributed by atoms with E-state index in [1.807, 2.05) is 54.1 Å². The van der Waals surface area contributed by atoms with Gasteiger partial charge in [-0.25, -0.2) is 24.6 Å². The van der Waals surface area contributed by atoms with Crippen LogP contribution in [0.4, 0.5) is 5.82 Å². The van der Waals surface area contributed by atoms with Gasteiger partial charge >= 0.3 is 0 Å². The zero-order valence-corrected chi connectivity index (χ0v) is 21.6. The van der Waals surface area contributed by atoms with Crippen LogP contribution in [0.15, 0.2) is 79.5 Å². The molecule has 0 saturated carbocycles. The molecule has 1 aliphatic rings. The minimum Gasteiger partial charge on any atom is -0.383 e. The van der Waals surface area contributed by atoms with E-state index in [1.165, 1.54) is 6.20 Å². The van der Waals surface area contributed by atoms with Crippen molar-refractivity contribution in [1.82, 2.24) is 44.6 Å². The lowest BCUT2D eigenvalue weighted by Gasteiger charge is -2.15. The molecule has 0 spiro atoms. The lowest BCUT2D eigenvalue weighted by Crippen LogP contribution is -2.28. The van der Waals surface area contributed by atoms with Crippen molar-refractivity contribution in [3.63, 3.8) is 0 Å². The second-order valence-corrected chi connectivity index (χ2v) is 9.66. The molecule has 1 atom stereocenters. The fraction of sp³-hybridized carbons (Fsp3) is 0.138. The van der Waals surface area contributed by atoms with Crippen molar-refractivity contribution < 1.29 is 4.79 Å². The average Bonchev–Trinajstić information content (AvgIpc) is 3.72. The van der Waals surface area contributed by atoms with Crippen LogP contribution < -0.4 is 11.1 Å². The minimum absolute atomic E-state index is 0.114. The maximum absolute atomic E-state index is 12.9. The molecular weight excluding hydrogens is 504 g/mol. The Labute approximate surface area is 228 Å². The molecule has 0 bridgehead atoms. The molecular formula is C29H24N10O. The van der Waals surface area contributed by atoms with Crippen LogP contribution in [0.5, 0.6) is 0 Å². The molecule has 1 aliphatic carbocycles. The number of nitrogens with one attached hydrogen (secondary N) is 1. The highest BCUT2D eigenvalue weighted by molar-refractivity contribution is 5.92. The number of amides is 1. The van der Waals surface area contributed by atoms with Crippen LogP contribution >= 0.6 is 0 Å². The van der Waals surface area contributed by atoms with Gasteiger partial charge in [0, 0.05) is 30.5 Å². The van der Waals surface area contributed by atoms with Gasteiger partial charge in [0.15, 0.2) is 17.3 Å². The van der Waals surface area contributed by atoms with E-state index in [1.54, 1.807) is 23.3 Å². The molecule has 1 aromatic carbocycles. The molecule has 1 amide bonds. The predicted molar refractivity (Wildman–Crippen MR) is 149 cm³/mol. The summed E-state index contributed by atoms with van der Waals surface area (Å²) < 4.78 is 3.72. The number of hydrogen-bond acceptors (Lipinski definition) is 8. The first-order valence-corrected chi connectivity index (χ1v) is 12.9. The van der Waals surface area contributed by atoms with Crippen LogP contribution in [0.1, 0.15) is 39.8 Å². The number of carbonyl (C=O) groups excluding carboxylic acids is 1. The number of imidazole rings is 1. The maximum atomic E-state index is 12.9. The Morgan fingerprint density at radius 3 is 2.80 bits per heavy atom. The topological polar surface area (TPSA) is 142 Å². The molecule has 0 radical (unpaired) electrons. The van der Waals surface area contributed by atoms with E-state index in [-0.39, 0.29) is 11.9 Å². The summed E-state index contributed by atoms with van der Waals surface area (Å²) >= 11 is 0. The van der Waals surface area contributed by atoms with Crippen LogP contribution in [-0.4, -0.2) is 45.2 Å². The predicted octanol–water partition coefficient (Wildman–Crippen LogP) is 3.77. The SMILES string of the molecule is Cc1cncc(C(=O)N[C@H]2CCc3cc(-n4c(-c5cccnc5N)nc5ccc(-n6cccn6)nc54)ccc32)n1. The quantitative estimate of drug-likeness (QED) is 0.344. The number of carbonyl (C=O) groups is 1. The number of nitrogens with two attached hydrogens (primary N) is 1. The second kappa shape index (κ2) is 9.38. The van der Waals surface area contributed by atoms with E-state index in [0.717, 1.165) is 35.2 Å². The Morgan fingerprint density at radius 1 is 1.05 bits per heavy atom. The number of benzene rings is 1. The molecule has 196 valence electrons. The monoisotopic (exact) mass is 528 g/mol. The summed E-state index contributed by atoms with van der Waals surface area (Å²) in [5, 5.41) is 7.46. The zero-order valence-electron chi connectivity index (χ0n) is 21.6. The summed E-state index contributed by atoms with van der Waals surface area (Å²) in [6.45, 7) is 1.82. The number of aromatic nitrogens is 8. The van der Waals surface area contributed by atoms with E-state index >= 15 is 0 Å². The highest BCUT2D eigenvalue weighted by atomic mass is 16.2. The second-order valence-electron chi connectivity index (χ2n) is 9.66. The van der Waals surface area contributed by atoms with Crippen LogP contribution in [0.2, 0.25) is 0 Å². The van der Waals surface area contributed by atoms with E-state index < -0.39 is 0 Å². The molecule has 11 heteroatoms. The summed E-state index contributed by atoms with van der Waals surface area (Å²) in [6, 6.07) is 15.5. The number of hydrogen-bond donors (Lipinski definition) is 2. The van der Waals surface area contributed by atoms with Gasteiger partial charge in [-0.3, -0.25) is 14.3 Å². The Bertz CT molecular complexity index is 1890. The fourth-order valence-electron chi connectivity index (χ4n) is 5.21. The minimum atomic E-state index is -0.233. The largest absolute Gasteiger partial charge is 0.383 e. The van der Waals surface area contributed by atoms with E-state index in [2.05, 4.69) is 37.5 Å². The molecule has 6 aromatic rings. The van der Waals surface area contributed by atoms with Crippen LogP contribution in [0.3, 0.4) is 0 Å². The summed E-state index contributed by atoms with van der Waals surface area (Å²) in [5.41, 5.74) is 12.5. The molecule has 0 fully saturated rings. The molecule has 5 heterocycles. The number of fused-ring (bicyclic) bond motifs is 2. The lowest BCUT2D eigenvalue weighted by molar-refractivity contribution is 0.0931. The Kier molecular flexibility index (Phi) is 5.55. The third kappa shape index (κ3) is 4.04. The summed E-state index contributed by atoms with van der Waals surface area (Å²) in [6.07, 6.45) is 9.94. The smallest absolute Gasteiger partial charge is 0.271 e. The summed E-state index contributed by atoms with van der Waals surface area (Å²) in [4.78, 5) is 35.4. The number of pyridine rings is 2. The van der Waals surface area contributed by atoms with Crippen molar-refractivity contribution in [2.24, 2.45) is 0 Å². The van der Waals surface area contributed by atoms with E-state index in [0.29, 0.717) is 40.1 Å². The molecule has 3 N–H and O–H groups in total. The van der Waals surface area contributed by atoms with Crippen molar-refractivity contribution in [1.29, 1.82) is 0 Å². The Hall–Kier alpha value is -5.45. The van der Waals surface area contributed by atoms with E-state index in [9.17, 15) is 4.79 Å². The Morgan fingerprint density at radius 2 is 1.98 bits per heavy atom. The lowest BCUT2D eigenvalue weighted by atomic mass is 10.1. The molecule has 5 aromatic heterocycles. The number of nitrogens with zero attached hydrogens (tertiary/aromatic N) is 8. The third-order valence-electron chi connectivity index (χ3n) is 7.06. The van der Waals surface area contributed by atoms with Crippen molar-refractivity contribution in [2.45, 2.75) is 25.8 Å². The molecule has 7 rings (SSSR count). The van der Waals surface area contributed by atoms with Gasteiger partial charge in [0.2, 0.25) is 0 Å². The first-order chi connectivity index (χ1) is 19.5. The van der Waals surface area contributed by atoms with Gasteiger partial charge in [-0.2, -0.15) is 5.10 Å². The number of nitrogen functional groups attached to an aromatic ring is 1. The molecule has 0 saturated heterocycles. The third-order valence-corrected chi connectivity index (χ3v) is 7.06. The van der Waals surface area contributed by atoms with Crippen LogP contribution in [-0.2, 0) is 6.42 Å². The van der Waals surface area contributed by atoms with Gasteiger partial charge in [-0.1, -0.05) is 6.07 Å². The number of rotatable bonds is 5. The first-order valence-electron chi connectivity index (χ1n) is 12.9. The molecule has 0 unspecified atom stereocenters. The van der Waals surface area contributed by atoms with Gasteiger partial charge in [-0.05, 0) is 73.4 Å². The van der Waals surface area contributed by atoms with Crippen molar-refractivity contribution in [2.75, 3.05) is 5.73 Å². The van der Waals surface area contributed by atoms with Crippen molar-refractivity contribution >= 4 is 22.9 Å². The average molecular weight is 529 g/mol. The highest BCUT2D eigenvalue weighted by Crippen LogP contribution is 2.36. The molecule has 11 nitrogen and oxygen atoms in total. The van der Waals surface area contributed by atoms with Crippen LogP contribution in [0, 0.1) is 6.92 Å². The van der Waals surface area contributed by atoms with Crippen LogP contribution in [0.25, 0.3) is 34.1 Å². The van der Waals surface area contributed by atoms with Gasteiger partial charge in [0.1, 0.15) is 17.0 Å². The number of anilines is 1. The summed E-state index contributed by atoms with van der Waals surface area (Å²) in [7, 11) is 0. The molecule has 40 heavy (non-hydrogen) atoms. The Balaban J connectivity index is 1.31. The van der Waals surface area contributed by atoms with Gasteiger partial charge in [0.25, 0.3) is 5.91 Å². The standard InChI is InChI=1S/C29H24N10O/c1-17-15-31-16-24(34-17)29(40)36-22-8-5-18-14-19(6-7-20(18)22)39-27(21-4-2-11-32-26(21)30)35-23-9-10-25(37-28(23)39)38-13-3-12-33-38/h2-4,6-7,9-16,22H,5,8H2,1H3,(H2,30,32)(H,36,40)/t22-/m0/s1. The maximum Gasteiger partial charge on any atom is 0.271 e. The molecule has 0 aliphatic heterocycles. The van der Waals surface area contributed by atoms with Crippen molar-refractivity contribution in [3.05, 3.63) is 102 Å². The fourth-order valence-corrected chi connectivity index (χ4v) is 5.21. The summed E-state index contributed by atoms with van der Waals surface area (Å²) in [5.74, 6) is 1.47. The zero-order chi connectivity index (χ0) is 27.2. The van der Waals surface area contributed by atoms with Gasteiger partial charge < -0.3 is 11.1 Å². The number of aryl methyl sites for hydroxylation is 2. The van der Waals surface area contributed by atoms with Gasteiger partial charge in [0.05, 0.1) is 23.5 Å². The normalized spacial score (nSPS) is 14.4. The highest BCUT2D eigenvalue weighted by Gasteiger charge is 2.26. The van der Waals surface area contributed by atoms with Gasteiger partial charge in [-0.15, -0.1) is 0 Å². The first kappa shape index (κ1) is 23.7.